The van der Waals surface area contributed by atoms with Crippen LogP contribution in [0.15, 0.2) is 29.3 Å². The molecule has 1 aromatic carbocycles. The molecule has 2 bridgehead atoms. The van der Waals surface area contributed by atoms with Gasteiger partial charge in [-0.15, -0.1) is 0 Å². The molecule has 2 rings (SSSR count). The van der Waals surface area contributed by atoms with E-state index in [2.05, 4.69) is 22.4 Å². The van der Waals surface area contributed by atoms with Gasteiger partial charge >= 0.3 is 0 Å². The third-order valence-electron chi connectivity index (χ3n) is 4.47. The van der Waals surface area contributed by atoms with Crippen LogP contribution in [0.4, 0.5) is 0 Å². The number of nitrogens with one attached hydrogen (secondary N) is 1. The molecule has 136 valence electrons. The summed E-state index contributed by atoms with van der Waals surface area (Å²) in [6, 6.07) is 8.28. The first kappa shape index (κ1) is 19.3. The molecule has 0 radical (unpaired) electrons. The summed E-state index contributed by atoms with van der Waals surface area (Å²) in [5.74, 6) is -0.175. The van der Waals surface area contributed by atoms with E-state index in [1.807, 2.05) is 12.1 Å². The maximum absolute atomic E-state index is 11.9. The minimum atomic E-state index is -4.06. The maximum Gasteiger partial charge on any atom is 0.266 e. The molecule has 1 aromatic rings. The Morgan fingerprint density at radius 2 is 1.92 bits per heavy atom. The van der Waals surface area contributed by atoms with E-state index in [0.29, 0.717) is 18.9 Å². The number of rotatable bonds is 10. The van der Waals surface area contributed by atoms with Crippen LogP contribution in [0.2, 0.25) is 0 Å². The normalized spacial score (nSPS) is 18.6. The molecule has 2 atom stereocenters. The standard InChI is InChI=1S/C17H22N2O5S/c20-12-18-8-2-5-15-13-3-1-4-14(11-13)16(15)6-7-17(21)19-9-10-25(22,23)24/h1,3-4,11,15-16H,2,5-10H2,(H,19,21)(H,22,23,24). The lowest BCUT2D eigenvalue weighted by Gasteiger charge is -2.21. The molecule has 1 aliphatic rings. The summed E-state index contributed by atoms with van der Waals surface area (Å²) < 4.78 is 30.0. The van der Waals surface area contributed by atoms with Crippen molar-refractivity contribution in [3.05, 3.63) is 35.4 Å². The molecule has 0 saturated carbocycles. The van der Waals surface area contributed by atoms with E-state index >= 15 is 0 Å². The number of hydrogen-bond acceptors (Lipinski definition) is 5. The molecule has 2 unspecified atom stereocenters. The number of carbonyl (C=O) groups excluding carboxylic acids is 2. The number of carbonyl (C=O) groups is 1. The molecule has 0 aromatic heterocycles. The van der Waals surface area contributed by atoms with Crippen molar-refractivity contribution < 1.29 is 22.6 Å². The molecule has 0 spiro atoms. The van der Waals surface area contributed by atoms with Crippen LogP contribution >= 0.6 is 0 Å². The molecule has 0 saturated heterocycles. The summed E-state index contributed by atoms with van der Waals surface area (Å²) >= 11 is 0. The van der Waals surface area contributed by atoms with Crippen LogP contribution in [0, 0.1) is 0 Å². The monoisotopic (exact) mass is 366 g/mol. The summed E-state index contributed by atoms with van der Waals surface area (Å²) in [5.41, 5.74) is 2.44. The predicted octanol–water partition coefficient (Wildman–Crippen LogP) is 1.77. The van der Waals surface area contributed by atoms with Crippen LogP contribution in [0.25, 0.3) is 0 Å². The van der Waals surface area contributed by atoms with Gasteiger partial charge in [0.05, 0.1) is 12.3 Å². The van der Waals surface area contributed by atoms with Gasteiger partial charge in [0.25, 0.3) is 10.1 Å². The van der Waals surface area contributed by atoms with E-state index in [9.17, 15) is 18.0 Å². The lowest BCUT2D eigenvalue weighted by atomic mass is 9.84. The number of benzene rings is 1. The minimum Gasteiger partial charge on any atom is -0.355 e. The zero-order chi connectivity index (χ0) is 18.3. The molecule has 0 aliphatic heterocycles. The Hall–Kier alpha value is -2.02. The summed E-state index contributed by atoms with van der Waals surface area (Å²) in [4.78, 5) is 25.6. The van der Waals surface area contributed by atoms with Gasteiger partial charge in [-0.2, -0.15) is 8.42 Å². The van der Waals surface area contributed by atoms with E-state index in [-0.39, 0.29) is 24.8 Å². The summed E-state index contributed by atoms with van der Waals surface area (Å²) in [6.07, 6.45) is 4.16. The Kier molecular flexibility index (Phi) is 6.87. The highest BCUT2D eigenvalue weighted by Gasteiger charge is 2.30. The SMILES string of the molecule is O=C=NCCCC1c2cccc(c2)C1CCC(=O)NCCS(=O)(=O)O. The molecule has 0 fully saturated rings. The predicted molar refractivity (Wildman–Crippen MR) is 92.8 cm³/mol. The molecule has 0 heterocycles. The summed E-state index contributed by atoms with van der Waals surface area (Å²) in [5, 5.41) is 2.51. The van der Waals surface area contributed by atoms with E-state index in [1.54, 1.807) is 6.08 Å². The van der Waals surface area contributed by atoms with Gasteiger partial charge in [-0.1, -0.05) is 24.3 Å². The Labute approximate surface area is 147 Å². The number of isocyanates is 1. The van der Waals surface area contributed by atoms with Gasteiger partial charge in [0, 0.05) is 13.0 Å². The van der Waals surface area contributed by atoms with Crippen molar-refractivity contribution in [2.45, 2.75) is 37.5 Å². The molecular weight excluding hydrogens is 344 g/mol. The van der Waals surface area contributed by atoms with Crippen LogP contribution in [0.3, 0.4) is 0 Å². The molecule has 1 aliphatic carbocycles. The van der Waals surface area contributed by atoms with Crippen molar-refractivity contribution in [1.29, 1.82) is 0 Å². The van der Waals surface area contributed by atoms with E-state index < -0.39 is 15.9 Å². The molecule has 2 N–H and O–H groups in total. The lowest BCUT2D eigenvalue weighted by molar-refractivity contribution is -0.121. The van der Waals surface area contributed by atoms with Crippen molar-refractivity contribution in [2.24, 2.45) is 4.99 Å². The number of hydrogen-bond donors (Lipinski definition) is 2. The van der Waals surface area contributed by atoms with Gasteiger partial charge < -0.3 is 5.32 Å². The van der Waals surface area contributed by atoms with Crippen molar-refractivity contribution in [3.8, 4) is 0 Å². The van der Waals surface area contributed by atoms with Crippen molar-refractivity contribution in [2.75, 3.05) is 18.8 Å². The fraction of sp³-hybridized carbons (Fsp3) is 0.529. The van der Waals surface area contributed by atoms with Gasteiger partial charge in [0.15, 0.2) is 0 Å². The Morgan fingerprint density at radius 1 is 1.24 bits per heavy atom. The first-order valence-corrected chi connectivity index (χ1v) is 9.87. The van der Waals surface area contributed by atoms with Gasteiger partial charge in [0.2, 0.25) is 12.0 Å². The zero-order valence-electron chi connectivity index (χ0n) is 13.8. The summed E-state index contributed by atoms with van der Waals surface area (Å²) in [6.45, 7) is 0.363. The second-order valence-electron chi connectivity index (χ2n) is 6.17. The average molecular weight is 366 g/mol. The minimum absolute atomic E-state index is 0.0940. The van der Waals surface area contributed by atoms with Gasteiger partial charge in [0.1, 0.15) is 0 Å². The number of nitrogens with zero attached hydrogens (tertiary/aromatic N) is 1. The molecule has 1 amide bonds. The first-order valence-electron chi connectivity index (χ1n) is 8.26. The van der Waals surface area contributed by atoms with Gasteiger partial charge in [-0.25, -0.2) is 9.79 Å². The van der Waals surface area contributed by atoms with E-state index in [1.165, 1.54) is 11.1 Å². The molecule has 8 heteroatoms. The second kappa shape index (κ2) is 8.89. The van der Waals surface area contributed by atoms with E-state index in [4.69, 9.17) is 4.55 Å². The smallest absolute Gasteiger partial charge is 0.266 e. The quantitative estimate of drug-likeness (QED) is 0.284. The second-order valence-corrected chi connectivity index (χ2v) is 7.75. The topological polar surface area (TPSA) is 113 Å². The Balaban J connectivity index is 1.85. The van der Waals surface area contributed by atoms with Crippen LogP contribution in [0.1, 0.15) is 48.6 Å². The first-order chi connectivity index (χ1) is 11.9. The fourth-order valence-corrected chi connectivity index (χ4v) is 3.71. The molecular formula is C17H22N2O5S. The molecule has 25 heavy (non-hydrogen) atoms. The van der Waals surface area contributed by atoms with Gasteiger partial charge in [-0.05, 0) is 42.2 Å². The van der Waals surface area contributed by atoms with Crippen molar-refractivity contribution >= 4 is 22.1 Å². The largest absolute Gasteiger partial charge is 0.355 e. The molecule has 7 nitrogen and oxygen atoms in total. The van der Waals surface area contributed by atoms with Crippen LogP contribution in [0.5, 0.6) is 0 Å². The van der Waals surface area contributed by atoms with Crippen molar-refractivity contribution in [3.63, 3.8) is 0 Å². The number of aliphatic imine (C=N–C) groups is 1. The average Bonchev–Trinajstić information content (AvgIpc) is 2.78. The highest BCUT2D eigenvalue weighted by Crippen LogP contribution is 2.45. The number of amides is 1. The van der Waals surface area contributed by atoms with Crippen LogP contribution in [-0.2, 0) is 19.7 Å². The third kappa shape index (κ3) is 6.08. The lowest BCUT2D eigenvalue weighted by Crippen LogP contribution is -2.29. The highest BCUT2D eigenvalue weighted by atomic mass is 32.2. The fourth-order valence-electron chi connectivity index (χ4n) is 3.35. The zero-order valence-corrected chi connectivity index (χ0v) is 14.7. The Bertz CT molecular complexity index is 756. The van der Waals surface area contributed by atoms with Crippen LogP contribution < -0.4 is 5.32 Å². The summed E-state index contributed by atoms with van der Waals surface area (Å²) in [7, 11) is -4.06. The van der Waals surface area contributed by atoms with Crippen LogP contribution in [-0.4, -0.2) is 43.8 Å². The van der Waals surface area contributed by atoms with Gasteiger partial charge in [-0.3, -0.25) is 9.35 Å². The highest BCUT2D eigenvalue weighted by molar-refractivity contribution is 7.85. The number of fused-ring (bicyclic) bond motifs is 2. The Morgan fingerprint density at radius 3 is 2.56 bits per heavy atom. The van der Waals surface area contributed by atoms with E-state index in [0.717, 1.165) is 12.8 Å². The maximum atomic E-state index is 11.9. The van der Waals surface area contributed by atoms with Crippen molar-refractivity contribution in [1.82, 2.24) is 5.32 Å². The third-order valence-corrected chi connectivity index (χ3v) is 5.19.